The second-order valence-electron chi connectivity index (χ2n) is 5.67. The van der Waals surface area contributed by atoms with Gasteiger partial charge in [-0.2, -0.15) is 0 Å². The van der Waals surface area contributed by atoms with E-state index in [2.05, 4.69) is 0 Å². The van der Waals surface area contributed by atoms with Crippen molar-refractivity contribution < 1.29 is 30.0 Å². The lowest BCUT2D eigenvalue weighted by molar-refractivity contribution is 0.0625. The van der Waals surface area contributed by atoms with E-state index in [0.29, 0.717) is 18.1 Å². The van der Waals surface area contributed by atoms with E-state index in [0.717, 1.165) is 41.3 Å². The summed E-state index contributed by atoms with van der Waals surface area (Å²) in [6.07, 6.45) is 0. The molecule has 8 nitrogen and oxygen atoms in total. The maximum atomic E-state index is 12.9. The van der Waals surface area contributed by atoms with Gasteiger partial charge in [0, 0.05) is 47.9 Å². The maximum absolute atomic E-state index is 12.9. The number of nitrogens with two attached hydrogens (primary N) is 1. The predicted molar refractivity (Wildman–Crippen MR) is 109 cm³/mol. The van der Waals surface area contributed by atoms with Gasteiger partial charge in [-0.25, -0.2) is 0 Å². The fourth-order valence-corrected chi connectivity index (χ4v) is 4.15. The van der Waals surface area contributed by atoms with E-state index < -0.39 is 11.8 Å². The van der Waals surface area contributed by atoms with Gasteiger partial charge in [0.1, 0.15) is 23.0 Å². The molecule has 0 spiro atoms. The van der Waals surface area contributed by atoms with Gasteiger partial charge < -0.3 is 26.2 Å². The molecule has 0 radical (unpaired) electrons. The molecule has 10 heteroatoms. The van der Waals surface area contributed by atoms with Crippen molar-refractivity contribution in [2.45, 2.75) is 0 Å². The minimum Gasteiger partial charge on any atom is -0.508 e. The second kappa shape index (κ2) is 10.1. The summed E-state index contributed by atoms with van der Waals surface area (Å²) in [5.74, 6) is -1.62. The standard InChI is InChI=1S/C18H20N2O6S2/c19-1-3-27-28-4-2-20(17(25)11-5-13(21)9-14(22)6-11)18(26)12-7-15(23)10-16(24)8-12/h5-10,21-24H,1-4,19H2. The molecular weight excluding hydrogens is 404 g/mol. The minimum atomic E-state index is -0.733. The van der Waals surface area contributed by atoms with Crippen molar-refractivity contribution >= 4 is 33.4 Å². The van der Waals surface area contributed by atoms with Gasteiger partial charge in [-0.1, -0.05) is 21.6 Å². The van der Waals surface area contributed by atoms with Crippen LogP contribution in [0.4, 0.5) is 0 Å². The Kier molecular flexibility index (Phi) is 7.85. The van der Waals surface area contributed by atoms with Crippen LogP contribution in [0, 0.1) is 0 Å². The molecular formula is C18H20N2O6S2. The van der Waals surface area contributed by atoms with Crippen LogP contribution in [0.1, 0.15) is 20.7 Å². The third-order valence-electron chi connectivity index (χ3n) is 3.47. The molecule has 150 valence electrons. The summed E-state index contributed by atoms with van der Waals surface area (Å²) >= 11 is 0. The molecule has 0 saturated carbocycles. The van der Waals surface area contributed by atoms with Crippen LogP contribution in [0.25, 0.3) is 0 Å². The first-order chi connectivity index (χ1) is 13.3. The van der Waals surface area contributed by atoms with Gasteiger partial charge >= 0.3 is 0 Å². The van der Waals surface area contributed by atoms with Crippen LogP contribution in [-0.4, -0.2) is 61.7 Å². The summed E-state index contributed by atoms with van der Waals surface area (Å²) in [6.45, 7) is 0.539. The van der Waals surface area contributed by atoms with Gasteiger partial charge in [0.05, 0.1) is 0 Å². The number of carbonyl (C=O) groups excluding carboxylic acids is 2. The third-order valence-corrected chi connectivity index (χ3v) is 5.89. The number of hydrogen-bond acceptors (Lipinski definition) is 9. The second-order valence-corrected chi connectivity index (χ2v) is 8.37. The van der Waals surface area contributed by atoms with Gasteiger partial charge in [0.25, 0.3) is 11.8 Å². The molecule has 0 aliphatic heterocycles. The van der Waals surface area contributed by atoms with Crippen molar-refractivity contribution in [3.8, 4) is 23.0 Å². The topological polar surface area (TPSA) is 144 Å². The van der Waals surface area contributed by atoms with Gasteiger partial charge in [-0.15, -0.1) is 0 Å². The summed E-state index contributed by atoms with van der Waals surface area (Å²) in [5, 5.41) is 38.5. The van der Waals surface area contributed by atoms with Gasteiger partial charge in [-0.3, -0.25) is 14.5 Å². The van der Waals surface area contributed by atoms with Gasteiger partial charge in [0.15, 0.2) is 0 Å². The number of nitrogens with zero attached hydrogens (tertiary/aromatic N) is 1. The van der Waals surface area contributed by atoms with E-state index >= 15 is 0 Å². The monoisotopic (exact) mass is 424 g/mol. The Morgan fingerprint density at radius 2 is 1.14 bits per heavy atom. The Morgan fingerprint density at radius 1 is 0.750 bits per heavy atom. The van der Waals surface area contributed by atoms with Crippen molar-refractivity contribution in [2.75, 3.05) is 24.6 Å². The van der Waals surface area contributed by atoms with Gasteiger partial charge in [0.2, 0.25) is 0 Å². The third kappa shape index (κ3) is 5.98. The van der Waals surface area contributed by atoms with Crippen LogP contribution in [0.5, 0.6) is 23.0 Å². The first-order valence-electron chi connectivity index (χ1n) is 8.18. The Labute approximate surface area is 169 Å². The number of rotatable bonds is 8. The number of benzene rings is 2. The zero-order chi connectivity index (χ0) is 20.7. The largest absolute Gasteiger partial charge is 0.508 e. The number of imide groups is 1. The zero-order valence-electron chi connectivity index (χ0n) is 14.7. The summed E-state index contributed by atoms with van der Waals surface area (Å²) in [5.41, 5.74) is 5.28. The molecule has 0 aromatic heterocycles. The van der Waals surface area contributed by atoms with Crippen LogP contribution in [0.3, 0.4) is 0 Å². The molecule has 6 N–H and O–H groups in total. The Morgan fingerprint density at radius 3 is 1.54 bits per heavy atom. The number of amides is 2. The summed E-state index contributed by atoms with van der Waals surface area (Å²) in [7, 11) is 2.94. The molecule has 2 aromatic rings. The molecule has 0 fully saturated rings. The first kappa shape index (κ1) is 21.7. The Bertz CT molecular complexity index is 758. The number of hydrogen-bond donors (Lipinski definition) is 5. The lowest BCUT2D eigenvalue weighted by Crippen LogP contribution is -2.38. The molecule has 0 aliphatic carbocycles. The molecule has 2 rings (SSSR count). The van der Waals surface area contributed by atoms with E-state index in [1.165, 1.54) is 21.6 Å². The molecule has 0 unspecified atom stereocenters. The minimum absolute atomic E-state index is 0.0345. The summed E-state index contributed by atoms with van der Waals surface area (Å²) in [6, 6.07) is 6.68. The highest BCUT2D eigenvalue weighted by Gasteiger charge is 2.25. The SMILES string of the molecule is NCCSSCCN(C(=O)c1cc(O)cc(O)c1)C(=O)c1cc(O)cc(O)c1. The van der Waals surface area contributed by atoms with E-state index in [9.17, 15) is 30.0 Å². The molecule has 0 atom stereocenters. The van der Waals surface area contributed by atoms with Crippen LogP contribution >= 0.6 is 21.6 Å². The summed E-state index contributed by atoms with van der Waals surface area (Å²) < 4.78 is 0. The Hall–Kier alpha value is -2.56. The van der Waals surface area contributed by atoms with E-state index in [1.807, 2.05) is 0 Å². The average Bonchev–Trinajstić information content (AvgIpc) is 2.62. The number of phenolic OH excluding ortho intramolecular Hbond substituents is 4. The number of carbonyl (C=O) groups is 2. The zero-order valence-corrected chi connectivity index (χ0v) is 16.4. The maximum Gasteiger partial charge on any atom is 0.261 e. The van der Waals surface area contributed by atoms with Crippen LogP contribution < -0.4 is 5.73 Å². The highest BCUT2D eigenvalue weighted by Crippen LogP contribution is 2.26. The molecule has 2 amide bonds. The van der Waals surface area contributed by atoms with Crippen LogP contribution in [-0.2, 0) is 0 Å². The normalized spacial score (nSPS) is 10.6. The average molecular weight is 425 g/mol. The van der Waals surface area contributed by atoms with Crippen molar-refractivity contribution in [3.63, 3.8) is 0 Å². The first-order valence-corrected chi connectivity index (χ1v) is 10.7. The fraction of sp³-hybridized carbons (Fsp3) is 0.222. The quantitative estimate of drug-likeness (QED) is 0.244. The molecule has 0 aliphatic rings. The van der Waals surface area contributed by atoms with Crippen LogP contribution in [0.2, 0.25) is 0 Å². The predicted octanol–water partition coefficient (Wildman–Crippen LogP) is 2.13. The molecule has 0 bridgehead atoms. The molecule has 2 aromatic carbocycles. The molecule has 0 heterocycles. The highest BCUT2D eigenvalue weighted by atomic mass is 33.1. The molecule has 28 heavy (non-hydrogen) atoms. The fourth-order valence-electron chi connectivity index (χ4n) is 2.34. The van der Waals surface area contributed by atoms with Gasteiger partial charge in [-0.05, 0) is 24.3 Å². The van der Waals surface area contributed by atoms with Crippen molar-refractivity contribution in [1.29, 1.82) is 0 Å². The van der Waals surface area contributed by atoms with Crippen molar-refractivity contribution in [2.24, 2.45) is 5.73 Å². The van der Waals surface area contributed by atoms with Crippen molar-refractivity contribution in [1.82, 2.24) is 4.90 Å². The van der Waals surface area contributed by atoms with E-state index in [1.54, 1.807) is 0 Å². The number of phenols is 4. The smallest absolute Gasteiger partial charge is 0.261 e. The summed E-state index contributed by atoms with van der Waals surface area (Å²) in [4.78, 5) is 26.7. The lowest BCUT2D eigenvalue weighted by Gasteiger charge is -2.21. The van der Waals surface area contributed by atoms with E-state index in [4.69, 9.17) is 5.73 Å². The lowest BCUT2D eigenvalue weighted by atomic mass is 10.1. The highest BCUT2D eigenvalue weighted by molar-refractivity contribution is 8.76. The number of aromatic hydroxyl groups is 4. The van der Waals surface area contributed by atoms with Crippen molar-refractivity contribution in [3.05, 3.63) is 47.5 Å². The molecule has 0 saturated heterocycles. The van der Waals surface area contributed by atoms with Crippen LogP contribution in [0.15, 0.2) is 36.4 Å². The van der Waals surface area contributed by atoms with E-state index in [-0.39, 0.29) is 40.7 Å². The Balaban J connectivity index is 2.29.